The SMILES string of the molecule is CC1Cc2ccc3c(c2C(=O)O1)OC(C(C)C)C3O. The summed E-state index contributed by atoms with van der Waals surface area (Å²) in [6.07, 6.45) is -0.383. The van der Waals surface area contributed by atoms with Crippen molar-refractivity contribution < 1.29 is 19.4 Å². The number of ether oxygens (including phenoxy) is 2. The Morgan fingerprint density at radius 2 is 2.05 bits per heavy atom. The zero-order valence-corrected chi connectivity index (χ0v) is 11.3. The molecule has 2 heterocycles. The van der Waals surface area contributed by atoms with Crippen molar-refractivity contribution in [2.75, 3.05) is 0 Å². The van der Waals surface area contributed by atoms with Crippen molar-refractivity contribution in [2.24, 2.45) is 5.92 Å². The van der Waals surface area contributed by atoms with Gasteiger partial charge in [0, 0.05) is 12.0 Å². The molecule has 1 N–H and O–H groups in total. The Balaban J connectivity index is 2.09. The zero-order valence-electron chi connectivity index (χ0n) is 11.3. The van der Waals surface area contributed by atoms with Crippen molar-refractivity contribution in [3.8, 4) is 5.75 Å². The molecule has 4 nitrogen and oxygen atoms in total. The van der Waals surface area contributed by atoms with Gasteiger partial charge in [-0.2, -0.15) is 0 Å². The maximum atomic E-state index is 12.1. The Hall–Kier alpha value is -1.55. The Kier molecular flexibility index (Phi) is 2.78. The Labute approximate surface area is 112 Å². The van der Waals surface area contributed by atoms with Gasteiger partial charge in [0.2, 0.25) is 0 Å². The molecule has 3 rings (SSSR count). The molecule has 1 aromatic rings. The number of aliphatic hydroxyl groups excluding tert-OH is 1. The highest BCUT2D eigenvalue weighted by Crippen LogP contribution is 2.44. The molecule has 0 saturated carbocycles. The minimum Gasteiger partial charge on any atom is -0.486 e. The van der Waals surface area contributed by atoms with Gasteiger partial charge in [-0.25, -0.2) is 4.79 Å². The number of esters is 1. The third kappa shape index (κ3) is 1.82. The van der Waals surface area contributed by atoms with Gasteiger partial charge < -0.3 is 14.6 Å². The van der Waals surface area contributed by atoms with Gasteiger partial charge in [0.25, 0.3) is 0 Å². The normalized spacial score (nSPS) is 28.7. The van der Waals surface area contributed by atoms with Crippen LogP contribution in [0.3, 0.4) is 0 Å². The molecule has 0 fully saturated rings. The maximum Gasteiger partial charge on any atom is 0.342 e. The molecule has 0 aromatic heterocycles. The minimum atomic E-state index is -0.674. The smallest absolute Gasteiger partial charge is 0.342 e. The van der Waals surface area contributed by atoms with E-state index in [1.807, 2.05) is 32.9 Å². The summed E-state index contributed by atoms with van der Waals surface area (Å²) in [5, 5.41) is 10.3. The van der Waals surface area contributed by atoms with Crippen LogP contribution in [0.4, 0.5) is 0 Å². The van der Waals surface area contributed by atoms with Crippen molar-refractivity contribution >= 4 is 5.97 Å². The molecule has 4 heteroatoms. The van der Waals surface area contributed by atoms with Crippen molar-refractivity contribution in [3.63, 3.8) is 0 Å². The first kappa shape index (κ1) is 12.5. The van der Waals surface area contributed by atoms with Crippen LogP contribution in [0, 0.1) is 5.92 Å². The summed E-state index contributed by atoms with van der Waals surface area (Å²) >= 11 is 0. The van der Waals surface area contributed by atoms with Crippen molar-refractivity contribution in [2.45, 2.75) is 45.5 Å². The molecule has 0 radical (unpaired) electrons. The van der Waals surface area contributed by atoms with Crippen LogP contribution in [0.2, 0.25) is 0 Å². The van der Waals surface area contributed by atoms with Crippen LogP contribution >= 0.6 is 0 Å². The molecule has 2 aliphatic heterocycles. The second-order valence-electron chi connectivity index (χ2n) is 5.71. The van der Waals surface area contributed by atoms with Gasteiger partial charge in [0.1, 0.15) is 29.6 Å². The largest absolute Gasteiger partial charge is 0.486 e. The van der Waals surface area contributed by atoms with E-state index < -0.39 is 6.10 Å². The highest BCUT2D eigenvalue weighted by Gasteiger charge is 2.40. The lowest BCUT2D eigenvalue weighted by atomic mass is 9.93. The van der Waals surface area contributed by atoms with Gasteiger partial charge in [0.15, 0.2) is 0 Å². The van der Waals surface area contributed by atoms with Crippen LogP contribution in [0.5, 0.6) is 5.75 Å². The second kappa shape index (κ2) is 4.23. The first-order valence-electron chi connectivity index (χ1n) is 6.70. The van der Waals surface area contributed by atoms with E-state index in [1.165, 1.54) is 0 Å². The summed E-state index contributed by atoms with van der Waals surface area (Å²) in [7, 11) is 0. The highest BCUT2D eigenvalue weighted by molar-refractivity contribution is 5.96. The molecule has 2 aliphatic rings. The number of carbonyl (C=O) groups excluding carboxylic acids is 1. The number of carbonyl (C=O) groups is 1. The molecule has 19 heavy (non-hydrogen) atoms. The average molecular weight is 262 g/mol. The van der Waals surface area contributed by atoms with E-state index in [0.29, 0.717) is 23.3 Å². The third-order valence-electron chi connectivity index (χ3n) is 3.83. The van der Waals surface area contributed by atoms with Crippen molar-refractivity contribution in [1.29, 1.82) is 0 Å². The van der Waals surface area contributed by atoms with E-state index in [1.54, 1.807) is 0 Å². The van der Waals surface area contributed by atoms with Crippen molar-refractivity contribution in [3.05, 3.63) is 28.8 Å². The predicted octanol–water partition coefficient (Wildman–Crippen LogP) is 2.24. The Morgan fingerprint density at radius 3 is 2.74 bits per heavy atom. The number of fused-ring (bicyclic) bond motifs is 3. The quantitative estimate of drug-likeness (QED) is 0.789. The van der Waals surface area contributed by atoms with Gasteiger partial charge in [-0.3, -0.25) is 0 Å². The molecule has 1 aromatic carbocycles. The number of aliphatic hydroxyl groups is 1. The first-order valence-corrected chi connectivity index (χ1v) is 6.70. The van der Waals surface area contributed by atoms with Crippen LogP contribution in [-0.4, -0.2) is 23.3 Å². The molecular formula is C15H18O4. The number of hydrogen-bond acceptors (Lipinski definition) is 4. The third-order valence-corrected chi connectivity index (χ3v) is 3.83. The summed E-state index contributed by atoms with van der Waals surface area (Å²) in [5.41, 5.74) is 2.14. The molecule has 102 valence electrons. The lowest BCUT2D eigenvalue weighted by Crippen LogP contribution is -2.26. The number of benzene rings is 1. The minimum absolute atomic E-state index is 0.106. The maximum absolute atomic E-state index is 12.1. The number of cyclic esters (lactones) is 1. The summed E-state index contributed by atoms with van der Waals surface area (Å²) in [6, 6.07) is 3.77. The van der Waals surface area contributed by atoms with E-state index in [9.17, 15) is 9.90 Å². The summed E-state index contributed by atoms with van der Waals surface area (Å²) in [6.45, 7) is 5.86. The van der Waals surface area contributed by atoms with E-state index in [2.05, 4.69) is 0 Å². The number of rotatable bonds is 1. The summed E-state index contributed by atoms with van der Waals surface area (Å²) in [5.74, 6) is 0.347. The van der Waals surface area contributed by atoms with Crippen LogP contribution in [-0.2, 0) is 11.2 Å². The average Bonchev–Trinajstić information content (AvgIpc) is 2.66. The highest BCUT2D eigenvalue weighted by atomic mass is 16.5. The van der Waals surface area contributed by atoms with E-state index in [4.69, 9.17) is 9.47 Å². The van der Waals surface area contributed by atoms with Crippen LogP contribution < -0.4 is 4.74 Å². The first-order chi connectivity index (χ1) is 8.99. The van der Waals surface area contributed by atoms with E-state index in [-0.39, 0.29) is 24.1 Å². The fourth-order valence-electron chi connectivity index (χ4n) is 2.86. The Morgan fingerprint density at radius 1 is 1.32 bits per heavy atom. The van der Waals surface area contributed by atoms with Gasteiger partial charge >= 0.3 is 5.97 Å². The zero-order chi connectivity index (χ0) is 13.7. The van der Waals surface area contributed by atoms with Gasteiger partial charge in [-0.1, -0.05) is 26.0 Å². The van der Waals surface area contributed by atoms with E-state index >= 15 is 0 Å². The standard InChI is InChI=1S/C15H18O4/c1-7(2)13-12(16)10-5-4-9-6-8(3)18-15(17)11(9)14(10)19-13/h4-5,7-8,12-13,16H,6H2,1-3H3. The fourth-order valence-corrected chi connectivity index (χ4v) is 2.86. The molecule has 0 bridgehead atoms. The number of hydrogen-bond donors (Lipinski definition) is 1. The van der Waals surface area contributed by atoms with Crippen LogP contribution in [0.15, 0.2) is 12.1 Å². The topological polar surface area (TPSA) is 55.8 Å². The molecule has 0 aliphatic carbocycles. The lowest BCUT2D eigenvalue weighted by Gasteiger charge is -2.23. The molecular weight excluding hydrogens is 244 g/mol. The fraction of sp³-hybridized carbons (Fsp3) is 0.533. The Bertz CT molecular complexity index is 535. The lowest BCUT2D eigenvalue weighted by molar-refractivity contribution is 0.0262. The molecule has 3 atom stereocenters. The molecule has 0 saturated heterocycles. The molecule has 0 spiro atoms. The second-order valence-corrected chi connectivity index (χ2v) is 5.71. The summed E-state index contributed by atoms with van der Waals surface area (Å²) in [4.78, 5) is 12.1. The summed E-state index contributed by atoms with van der Waals surface area (Å²) < 4.78 is 11.1. The van der Waals surface area contributed by atoms with Gasteiger partial charge in [0.05, 0.1) is 0 Å². The van der Waals surface area contributed by atoms with E-state index in [0.717, 1.165) is 5.56 Å². The molecule has 0 amide bonds. The van der Waals surface area contributed by atoms with Crippen molar-refractivity contribution in [1.82, 2.24) is 0 Å². The van der Waals surface area contributed by atoms with Crippen LogP contribution in [0.25, 0.3) is 0 Å². The van der Waals surface area contributed by atoms with Crippen LogP contribution in [0.1, 0.15) is 48.4 Å². The van der Waals surface area contributed by atoms with Gasteiger partial charge in [-0.15, -0.1) is 0 Å². The van der Waals surface area contributed by atoms with Gasteiger partial charge in [-0.05, 0) is 18.4 Å². The monoisotopic (exact) mass is 262 g/mol. The molecule has 3 unspecified atom stereocenters. The predicted molar refractivity (Wildman–Crippen MR) is 69.2 cm³/mol.